The minimum atomic E-state index is 0.772. The largest absolute Gasteiger partial charge is 0.455 e. The van der Waals surface area contributed by atoms with Crippen LogP contribution in [0.4, 0.5) is 0 Å². The van der Waals surface area contributed by atoms with Crippen molar-refractivity contribution in [3.8, 4) is 100 Å². The lowest BCUT2D eigenvalue weighted by Crippen LogP contribution is -1.92. The third-order valence-corrected chi connectivity index (χ3v) is 23.8. The molecule has 0 saturated heterocycles. The molecule has 112 heavy (non-hydrogen) atoms. The van der Waals surface area contributed by atoms with Crippen LogP contribution in [0.2, 0.25) is 0 Å². The van der Waals surface area contributed by atoms with E-state index in [9.17, 15) is 0 Å². The molecule has 0 bridgehead atoms. The summed E-state index contributed by atoms with van der Waals surface area (Å²) < 4.78 is 28.3. The molecule has 0 amide bonds. The van der Waals surface area contributed by atoms with E-state index in [2.05, 4.69) is 364 Å². The molecule has 0 N–H and O–H groups in total. The Bertz CT molecular complexity index is 7990. The predicted octanol–water partition coefficient (Wildman–Crippen LogP) is 31.2. The van der Waals surface area contributed by atoms with Crippen LogP contribution in [0.25, 0.3) is 253 Å². The summed E-state index contributed by atoms with van der Waals surface area (Å²) in [5, 5.41) is 22.6. The Labute approximate surface area is 642 Å². The molecule has 0 aliphatic heterocycles. The Balaban J connectivity index is 0.691. The molecule has 4 heterocycles. The maximum Gasteiger partial charge on any atom is 0.147 e. The van der Waals surface area contributed by atoms with Crippen LogP contribution >= 0.6 is 0 Å². The summed E-state index contributed by atoms with van der Waals surface area (Å²) in [6, 6.07) is 137. The second kappa shape index (κ2) is 24.3. The van der Waals surface area contributed by atoms with Gasteiger partial charge in [-0.2, -0.15) is 0 Å². The Kier molecular flexibility index (Phi) is 13.5. The number of hydrogen-bond acceptors (Lipinski definition) is 4. The summed E-state index contributed by atoms with van der Waals surface area (Å²) in [5.74, 6) is 0. The standard InChI is InChI=1S/C108H62O4/c1-2-23-67-55-68(50-47-63(67)21-1)64-45-48-66(49-46-64)99-82-35-5-10-40-87(82)102(74-28-19-30-76(58-74)103-105-91(79-32-11-14-42-95(79)109-105)61-92-80-33-12-15-43-96(80)110-106(92)103)90-60-69(51-53-88(90)99)70-52-54-98-89(59-70)94-62-93-81-34-13-16-44-97(81)111-107(93)104(108(94)112-98)75-29-18-27-73(57-75)101-85-38-8-6-36-83(85)100(84-37-7-9-39-86(84)101)72-26-17-25-71(56-72)78-41-20-24-65-22-3-4-31-77(65)78/h1-62H. The number of rotatable bonds is 9. The lowest BCUT2D eigenvalue weighted by atomic mass is 9.84. The first-order valence-corrected chi connectivity index (χ1v) is 38.4. The first-order chi connectivity index (χ1) is 55.5. The molecule has 0 aliphatic rings. The van der Waals surface area contributed by atoms with Crippen molar-refractivity contribution in [1.29, 1.82) is 0 Å². The first kappa shape index (κ1) is 62.2. The molecule has 24 aromatic rings. The van der Waals surface area contributed by atoms with Gasteiger partial charge in [0.15, 0.2) is 0 Å². The van der Waals surface area contributed by atoms with E-state index in [0.717, 1.165) is 160 Å². The lowest BCUT2D eigenvalue weighted by Gasteiger charge is -2.19. The summed E-state index contributed by atoms with van der Waals surface area (Å²) in [4.78, 5) is 0. The fraction of sp³-hybridized carbons (Fsp3) is 0. The molecule has 24 rings (SSSR count). The summed E-state index contributed by atoms with van der Waals surface area (Å²) in [5.41, 5.74) is 26.4. The van der Waals surface area contributed by atoms with Crippen molar-refractivity contribution in [3.63, 3.8) is 0 Å². The molecule has 0 radical (unpaired) electrons. The van der Waals surface area contributed by atoms with Gasteiger partial charge < -0.3 is 17.7 Å². The van der Waals surface area contributed by atoms with Crippen LogP contribution in [0, 0.1) is 0 Å². The van der Waals surface area contributed by atoms with E-state index in [-0.39, 0.29) is 0 Å². The Hall–Kier alpha value is -14.8. The normalized spacial score (nSPS) is 12.1. The zero-order valence-corrected chi connectivity index (χ0v) is 60.4. The molecule has 4 heteroatoms. The van der Waals surface area contributed by atoms with E-state index in [1.165, 1.54) is 93.0 Å². The zero-order chi connectivity index (χ0) is 73.2. The van der Waals surface area contributed by atoms with E-state index < -0.39 is 0 Å². The number of hydrogen-bond donors (Lipinski definition) is 0. The van der Waals surface area contributed by atoms with Gasteiger partial charge in [0.1, 0.15) is 44.7 Å². The van der Waals surface area contributed by atoms with E-state index in [0.29, 0.717) is 0 Å². The number of furan rings is 4. The lowest BCUT2D eigenvalue weighted by molar-refractivity contribution is 0.657. The molecular weight excluding hydrogens is 1360 g/mol. The van der Waals surface area contributed by atoms with Crippen molar-refractivity contribution in [3.05, 3.63) is 376 Å². The molecule has 0 saturated carbocycles. The highest BCUT2D eigenvalue weighted by atomic mass is 16.4. The van der Waals surface area contributed by atoms with Crippen LogP contribution in [0.3, 0.4) is 0 Å². The predicted molar refractivity (Wildman–Crippen MR) is 470 cm³/mol. The van der Waals surface area contributed by atoms with Crippen LogP contribution in [0.5, 0.6) is 0 Å². The van der Waals surface area contributed by atoms with Gasteiger partial charge in [0, 0.05) is 43.1 Å². The Morgan fingerprint density at radius 1 is 0.125 bits per heavy atom. The Morgan fingerprint density at radius 2 is 0.438 bits per heavy atom. The summed E-state index contributed by atoms with van der Waals surface area (Å²) in [6.45, 7) is 0. The average molecular weight is 1420 g/mol. The molecule has 4 nitrogen and oxygen atoms in total. The summed E-state index contributed by atoms with van der Waals surface area (Å²) in [6.07, 6.45) is 0. The SMILES string of the molecule is c1cc(-c2cccc3ccccc23)cc(-c2c3ccccc3c(-c3cccc(-c4c5oc6ccccc6c5cc5c4oc4ccc(-c6ccc7c(-c8ccc(-c9ccc%10ccccc%10c9)cc8)c8ccccc8c(-c8cccc(-c9c%10oc%11ccccc%11c%10cc%10c9oc9ccccc9%10)c8)c7c6)cc45)c3)c3ccccc23)c1. The van der Waals surface area contributed by atoms with Crippen molar-refractivity contribution in [1.82, 2.24) is 0 Å². The molecule has 0 aliphatic carbocycles. The van der Waals surface area contributed by atoms with Gasteiger partial charge in [0.25, 0.3) is 0 Å². The van der Waals surface area contributed by atoms with Gasteiger partial charge in [0.2, 0.25) is 0 Å². The number of fused-ring (bicyclic) bond motifs is 18. The Morgan fingerprint density at radius 3 is 0.946 bits per heavy atom. The van der Waals surface area contributed by atoms with Gasteiger partial charge in [-0.25, -0.2) is 0 Å². The van der Waals surface area contributed by atoms with Crippen LogP contribution in [0.1, 0.15) is 0 Å². The monoisotopic (exact) mass is 1420 g/mol. The van der Waals surface area contributed by atoms with Crippen LogP contribution in [-0.4, -0.2) is 0 Å². The van der Waals surface area contributed by atoms with Crippen LogP contribution < -0.4 is 0 Å². The first-order valence-electron chi connectivity index (χ1n) is 38.4. The molecule has 0 fully saturated rings. The second-order valence-electron chi connectivity index (χ2n) is 29.9. The van der Waals surface area contributed by atoms with Crippen LogP contribution in [0.15, 0.2) is 394 Å². The molecule has 0 spiro atoms. The second-order valence-corrected chi connectivity index (χ2v) is 29.9. The third kappa shape index (κ3) is 9.49. The fourth-order valence-corrected chi connectivity index (χ4v) is 18.7. The fourth-order valence-electron chi connectivity index (χ4n) is 18.7. The highest BCUT2D eigenvalue weighted by Gasteiger charge is 2.27. The maximum absolute atomic E-state index is 7.33. The van der Waals surface area contributed by atoms with Crippen molar-refractivity contribution < 1.29 is 17.7 Å². The van der Waals surface area contributed by atoms with Crippen molar-refractivity contribution >= 4 is 152 Å². The summed E-state index contributed by atoms with van der Waals surface area (Å²) in [7, 11) is 0. The molecule has 518 valence electrons. The van der Waals surface area contributed by atoms with Gasteiger partial charge in [-0.1, -0.05) is 303 Å². The van der Waals surface area contributed by atoms with E-state index in [1.807, 2.05) is 12.1 Å². The van der Waals surface area contributed by atoms with Gasteiger partial charge in [0.05, 0.1) is 11.1 Å². The quantitative estimate of drug-likeness (QED) is 0.135. The van der Waals surface area contributed by atoms with Gasteiger partial charge in [-0.3, -0.25) is 0 Å². The number of para-hydroxylation sites is 3. The van der Waals surface area contributed by atoms with Gasteiger partial charge in [-0.05, 0) is 226 Å². The molecule has 20 aromatic carbocycles. The molecule has 0 atom stereocenters. The third-order valence-electron chi connectivity index (χ3n) is 23.8. The summed E-state index contributed by atoms with van der Waals surface area (Å²) >= 11 is 0. The van der Waals surface area contributed by atoms with Gasteiger partial charge in [-0.15, -0.1) is 0 Å². The molecule has 4 aromatic heterocycles. The minimum absolute atomic E-state index is 0.772. The number of benzene rings is 20. The minimum Gasteiger partial charge on any atom is -0.455 e. The van der Waals surface area contributed by atoms with Crippen molar-refractivity contribution in [2.75, 3.05) is 0 Å². The topological polar surface area (TPSA) is 52.6 Å². The van der Waals surface area contributed by atoms with E-state index in [4.69, 9.17) is 17.7 Å². The van der Waals surface area contributed by atoms with Crippen molar-refractivity contribution in [2.45, 2.75) is 0 Å². The molecule has 0 unspecified atom stereocenters. The average Bonchev–Trinajstić information content (AvgIpc) is 1.50. The van der Waals surface area contributed by atoms with Gasteiger partial charge >= 0.3 is 0 Å². The zero-order valence-electron chi connectivity index (χ0n) is 60.4. The smallest absolute Gasteiger partial charge is 0.147 e. The van der Waals surface area contributed by atoms with E-state index >= 15 is 0 Å². The molecular formula is C108H62O4. The highest BCUT2D eigenvalue weighted by molar-refractivity contribution is 6.28. The highest BCUT2D eigenvalue weighted by Crippen LogP contribution is 2.53. The maximum atomic E-state index is 7.33. The van der Waals surface area contributed by atoms with Crippen LogP contribution in [-0.2, 0) is 0 Å². The van der Waals surface area contributed by atoms with E-state index in [1.54, 1.807) is 0 Å². The van der Waals surface area contributed by atoms with Crippen molar-refractivity contribution in [2.24, 2.45) is 0 Å².